The Balaban J connectivity index is 1.55. The Morgan fingerprint density at radius 2 is 1.77 bits per heavy atom. The first-order chi connectivity index (χ1) is 18.8. The number of carbonyl (C=O) groups excluding carboxylic acids is 1. The molecule has 4 rings (SSSR count). The molecule has 4 aromatic rings. The van der Waals surface area contributed by atoms with Crippen LogP contribution in [0.1, 0.15) is 39.5 Å². The van der Waals surface area contributed by atoms with E-state index in [-0.39, 0.29) is 35.0 Å². The molecule has 0 saturated carbocycles. The van der Waals surface area contributed by atoms with E-state index < -0.39 is 35.1 Å². The zero-order valence-electron chi connectivity index (χ0n) is 21.3. The lowest BCUT2D eigenvalue weighted by Crippen LogP contribution is -2.49. The zero-order chi connectivity index (χ0) is 27.9. The van der Waals surface area contributed by atoms with E-state index in [2.05, 4.69) is 28.6 Å². The van der Waals surface area contributed by atoms with Crippen LogP contribution in [0.2, 0.25) is 0 Å². The summed E-state index contributed by atoms with van der Waals surface area (Å²) in [4.78, 5) is 29.1. The van der Waals surface area contributed by atoms with Crippen molar-refractivity contribution < 1.29 is 18.7 Å². The maximum Gasteiger partial charge on any atom is 0.257 e. The van der Waals surface area contributed by atoms with Gasteiger partial charge >= 0.3 is 0 Å². The number of aliphatic hydroxyl groups is 1. The normalized spacial score (nSPS) is 12.6. The first kappa shape index (κ1) is 27.6. The molecule has 1 amide bonds. The highest BCUT2D eigenvalue weighted by molar-refractivity contribution is 5.98. The average Bonchev–Trinajstić information content (AvgIpc) is 2.92. The molecule has 2 atom stereocenters. The van der Waals surface area contributed by atoms with E-state index in [0.29, 0.717) is 12.1 Å². The summed E-state index contributed by atoms with van der Waals surface area (Å²) in [6.07, 6.45) is 0.865. The summed E-state index contributed by atoms with van der Waals surface area (Å²) in [7, 11) is 0. The van der Waals surface area contributed by atoms with Gasteiger partial charge in [-0.2, -0.15) is 5.26 Å². The van der Waals surface area contributed by atoms with Gasteiger partial charge in [0, 0.05) is 30.7 Å². The Bertz CT molecular complexity index is 1580. The van der Waals surface area contributed by atoms with Gasteiger partial charge in [0.25, 0.3) is 5.91 Å². The average molecular weight is 531 g/mol. The van der Waals surface area contributed by atoms with Gasteiger partial charge in [0.2, 0.25) is 5.43 Å². The molecule has 1 heterocycles. The van der Waals surface area contributed by atoms with E-state index in [9.17, 15) is 28.7 Å². The summed E-state index contributed by atoms with van der Waals surface area (Å²) < 4.78 is 27.7. The molecule has 9 heteroatoms. The lowest BCUT2D eigenvalue weighted by molar-refractivity contribution is 0.0828. The molecule has 0 unspecified atom stereocenters. The topological polar surface area (TPSA) is 118 Å². The van der Waals surface area contributed by atoms with Crippen molar-refractivity contribution >= 4 is 16.8 Å². The molecule has 0 aliphatic rings. The number of pyridine rings is 1. The van der Waals surface area contributed by atoms with E-state index in [1.165, 1.54) is 17.8 Å². The molecule has 0 spiro atoms. The summed E-state index contributed by atoms with van der Waals surface area (Å²) in [5.74, 6) is -2.33. The molecule has 7 nitrogen and oxygen atoms in total. The number of hydrogen-bond acceptors (Lipinski definition) is 5. The van der Waals surface area contributed by atoms with Crippen LogP contribution in [0.4, 0.5) is 8.78 Å². The quantitative estimate of drug-likeness (QED) is 0.249. The number of fused-ring (bicyclic) bond motifs is 1. The molecule has 1 aromatic heterocycles. The molecule has 39 heavy (non-hydrogen) atoms. The van der Waals surface area contributed by atoms with E-state index in [0.717, 1.165) is 30.2 Å². The number of hydrogen-bond donors (Lipinski definition) is 4. The van der Waals surface area contributed by atoms with E-state index in [1.54, 1.807) is 12.1 Å². The van der Waals surface area contributed by atoms with Crippen LogP contribution in [0.15, 0.2) is 71.7 Å². The highest BCUT2D eigenvalue weighted by Crippen LogP contribution is 2.15. The van der Waals surface area contributed by atoms with Crippen molar-refractivity contribution in [3.05, 3.63) is 117 Å². The van der Waals surface area contributed by atoms with Gasteiger partial charge in [-0.3, -0.25) is 9.59 Å². The molecule has 0 fully saturated rings. The van der Waals surface area contributed by atoms with Crippen molar-refractivity contribution in [1.29, 1.82) is 5.26 Å². The van der Waals surface area contributed by atoms with Crippen molar-refractivity contribution in [2.75, 3.05) is 6.54 Å². The number of para-hydroxylation sites is 1. The Hall–Kier alpha value is -4.39. The molecule has 0 saturated heterocycles. The van der Waals surface area contributed by atoms with Crippen LogP contribution in [0, 0.1) is 23.0 Å². The molecule has 0 radical (unpaired) electrons. The van der Waals surface area contributed by atoms with Crippen molar-refractivity contribution in [3.63, 3.8) is 0 Å². The number of nitriles is 1. The van der Waals surface area contributed by atoms with Crippen LogP contribution in [-0.4, -0.2) is 34.7 Å². The Morgan fingerprint density at radius 3 is 2.49 bits per heavy atom. The second-order valence-electron chi connectivity index (χ2n) is 9.30. The first-order valence-corrected chi connectivity index (χ1v) is 12.6. The fraction of sp³-hybridized carbons (Fsp3) is 0.233. The minimum atomic E-state index is -1.15. The van der Waals surface area contributed by atoms with Gasteiger partial charge in [-0.1, -0.05) is 37.3 Å². The minimum Gasteiger partial charge on any atom is -0.390 e. The molecule has 3 aromatic carbocycles. The molecule has 4 N–H and O–H groups in total. The predicted octanol–water partition coefficient (Wildman–Crippen LogP) is 3.73. The fourth-order valence-corrected chi connectivity index (χ4v) is 4.49. The smallest absolute Gasteiger partial charge is 0.257 e. The van der Waals surface area contributed by atoms with Gasteiger partial charge in [0.15, 0.2) is 0 Å². The van der Waals surface area contributed by atoms with Crippen molar-refractivity contribution in [2.24, 2.45) is 0 Å². The van der Waals surface area contributed by atoms with Crippen molar-refractivity contribution in [3.8, 4) is 6.07 Å². The third-order valence-corrected chi connectivity index (χ3v) is 6.52. The number of aliphatic hydroxyl groups excluding tert-OH is 1. The Morgan fingerprint density at radius 1 is 1.05 bits per heavy atom. The molecule has 0 aliphatic carbocycles. The van der Waals surface area contributed by atoms with Crippen LogP contribution >= 0.6 is 0 Å². The number of rotatable bonds is 10. The molecular weight excluding hydrogens is 502 g/mol. The number of amides is 1. The van der Waals surface area contributed by atoms with Crippen molar-refractivity contribution in [1.82, 2.24) is 15.6 Å². The number of aromatic nitrogens is 1. The van der Waals surface area contributed by atoms with Crippen molar-refractivity contribution in [2.45, 2.75) is 38.5 Å². The summed E-state index contributed by atoms with van der Waals surface area (Å²) in [6.45, 7) is 2.59. The van der Waals surface area contributed by atoms with Crippen LogP contribution in [0.5, 0.6) is 0 Å². The third-order valence-electron chi connectivity index (χ3n) is 6.52. The summed E-state index contributed by atoms with van der Waals surface area (Å²) in [6, 6.07) is 16.6. The zero-order valence-corrected chi connectivity index (χ0v) is 21.3. The highest BCUT2D eigenvalue weighted by Gasteiger charge is 2.24. The monoisotopic (exact) mass is 530 g/mol. The van der Waals surface area contributed by atoms with E-state index in [1.807, 2.05) is 24.3 Å². The van der Waals surface area contributed by atoms with E-state index >= 15 is 0 Å². The van der Waals surface area contributed by atoms with Crippen LogP contribution in [0.3, 0.4) is 0 Å². The van der Waals surface area contributed by atoms with Crippen LogP contribution < -0.4 is 16.1 Å². The SMILES string of the molecule is CCc1cccc(CNC[C@H](O)[C@H](Cc2cc(F)cc(F)c2)NC(=O)c2c[nH]c3c(C#N)cccc3c2=O)c1. The number of aryl methyl sites for hydroxylation is 1. The highest BCUT2D eigenvalue weighted by atomic mass is 19.1. The minimum absolute atomic E-state index is 0.0682. The lowest BCUT2D eigenvalue weighted by Gasteiger charge is -2.25. The van der Waals surface area contributed by atoms with Gasteiger partial charge in [-0.15, -0.1) is 0 Å². The van der Waals surface area contributed by atoms with Gasteiger partial charge < -0.3 is 20.7 Å². The Kier molecular flexibility index (Phi) is 8.81. The third kappa shape index (κ3) is 6.74. The number of nitrogens with zero attached hydrogens (tertiary/aromatic N) is 1. The fourth-order valence-electron chi connectivity index (χ4n) is 4.49. The second-order valence-corrected chi connectivity index (χ2v) is 9.30. The van der Waals surface area contributed by atoms with Gasteiger partial charge in [0.05, 0.1) is 23.2 Å². The number of benzene rings is 3. The number of aromatic amines is 1. The molecular formula is C30H28F2N4O3. The first-order valence-electron chi connectivity index (χ1n) is 12.6. The van der Waals surface area contributed by atoms with Gasteiger partial charge in [0.1, 0.15) is 23.3 Å². The number of H-pyrrole nitrogens is 1. The van der Waals surface area contributed by atoms with Gasteiger partial charge in [-0.05, 0) is 53.8 Å². The summed E-state index contributed by atoms with van der Waals surface area (Å²) in [5, 5.41) is 26.3. The summed E-state index contributed by atoms with van der Waals surface area (Å²) >= 11 is 0. The maximum atomic E-state index is 13.9. The van der Waals surface area contributed by atoms with Gasteiger partial charge in [-0.25, -0.2) is 8.78 Å². The molecule has 0 bridgehead atoms. The number of nitrogens with one attached hydrogen (secondary N) is 3. The standard InChI is InChI=1S/C30H28F2N4O3/c1-2-18-5-3-6-19(9-18)15-34-17-27(37)26(12-20-10-22(31)13-23(32)11-20)36-30(39)25-16-35-28-21(14-33)7-4-8-24(28)29(25)38/h3-11,13,16,26-27,34,37H,2,12,15,17H2,1H3,(H,35,38)(H,36,39)/t26-,27-/m0/s1. The number of carbonyl (C=O) groups is 1. The maximum absolute atomic E-state index is 13.9. The molecule has 200 valence electrons. The van der Waals surface area contributed by atoms with Crippen LogP contribution in [-0.2, 0) is 19.4 Å². The Labute approximate surface area is 224 Å². The predicted molar refractivity (Wildman–Crippen MR) is 144 cm³/mol. The number of halogens is 2. The van der Waals surface area contributed by atoms with E-state index in [4.69, 9.17) is 0 Å². The van der Waals surface area contributed by atoms with Crippen LogP contribution in [0.25, 0.3) is 10.9 Å². The lowest BCUT2D eigenvalue weighted by atomic mass is 9.99. The molecule has 0 aliphatic heterocycles. The second kappa shape index (κ2) is 12.4. The largest absolute Gasteiger partial charge is 0.390 e. The summed E-state index contributed by atoms with van der Waals surface area (Å²) in [5.41, 5.74) is 2.20.